The molecule has 5 heterocycles. The van der Waals surface area contributed by atoms with Crippen LogP contribution >= 0.6 is 0 Å². The molecule has 2 N–H and O–H groups in total. The molecular weight excluding hydrogens is 478 g/mol. The monoisotopic (exact) mass is 515 g/mol. The van der Waals surface area contributed by atoms with Crippen LogP contribution in [0.4, 0.5) is 29.0 Å². The van der Waals surface area contributed by atoms with Crippen molar-refractivity contribution in [3.8, 4) is 0 Å². The van der Waals surface area contributed by atoms with Gasteiger partial charge in [0.05, 0.1) is 31.1 Å². The Balaban J connectivity index is 1.31. The van der Waals surface area contributed by atoms with Crippen molar-refractivity contribution in [1.29, 1.82) is 0 Å². The summed E-state index contributed by atoms with van der Waals surface area (Å²) in [7, 11) is 1.96. The number of nitrogens with one attached hydrogen (secondary N) is 2. The zero-order chi connectivity index (χ0) is 26.3. The molecule has 0 aliphatic carbocycles. The molecule has 9 heteroatoms. The molecule has 3 aliphatic heterocycles. The lowest BCUT2D eigenvalue weighted by atomic mass is 9.85. The van der Waals surface area contributed by atoms with Gasteiger partial charge in [0.1, 0.15) is 11.6 Å². The van der Waals surface area contributed by atoms with Crippen molar-refractivity contribution in [2.24, 2.45) is 0 Å². The quantitative estimate of drug-likeness (QED) is 0.491. The van der Waals surface area contributed by atoms with E-state index in [2.05, 4.69) is 83.7 Å². The third-order valence-corrected chi connectivity index (χ3v) is 7.95. The van der Waals surface area contributed by atoms with E-state index in [0.29, 0.717) is 12.6 Å². The molecule has 3 aromatic rings. The Morgan fingerprint density at radius 1 is 1.05 bits per heavy atom. The number of hydrogen-bond donors (Lipinski definition) is 2. The van der Waals surface area contributed by atoms with Crippen LogP contribution < -0.4 is 20.4 Å². The van der Waals surface area contributed by atoms with Crippen LogP contribution in [-0.4, -0.2) is 66.6 Å². The molecule has 1 aromatic carbocycles. The summed E-state index contributed by atoms with van der Waals surface area (Å²) in [5.74, 6) is 2.60. The van der Waals surface area contributed by atoms with Crippen LogP contribution in [0.15, 0.2) is 48.7 Å². The van der Waals surface area contributed by atoms with E-state index in [1.807, 2.05) is 13.2 Å². The number of pyridine rings is 1. The Bertz CT molecular complexity index is 1280. The van der Waals surface area contributed by atoms with E-state index in [4.69, 9.17) is 24.4 Å². The Hall–Kier alpha value is -3.27. The average molecular weight is 516 g/mol. The van der Waals surface area contributed by atoms with Crippen molar-refractivity contribution in [2.45, 2.75) is 50.8 Å². The normalized spacial score (nSPS) is 23.1. The fourth-order valence-corrected chi connectivity index (χ4v) is 5.70. The van der Waals surface area contributed by atoms with Crippen molar-refractivity contribution in [1.82, 2.24) is 20.3 Å². The SMILES string of the molecule is CN[C@@H](C)c1cccc(N2c3nc(Nc4ccc(N5CCOCC5)cc4)ncc3C3COC(C)(C)C[C@H]32)n1. The Labute approximate surface area is 224 Å². The molecule has 0 spiro atoms. The van der Waals surface area contributed by atoms with Crippen LogP contribution in [0.3, 0.4) is 0 Å². The van der Waals surface area contributed by atoms with Crippen LogP contribution in [0, 0.1) is 0 Å². The highest BCUT2D eigenvalue weighted by molar-refractivity contribution is 5.69. The van der Waals surface area contributed by atoms with Gasteiger partial charge in [-0.05, 0) is 70.6 Å². The van der Waals surface area contributed by atoms with Crippen molar-refractivity contribution in [2.75, 3.05) is 55.1 Å². The van der Waals surface area contributed by atoms with Crippen LogP contribution in [0.5, 0.6) is 0 Å². The summed E-state index contributed by atoms with van der Waals surface area (Å²) in [6, 6.07) is 15.0. The van der Waals surface area contributed by atoms with E-state index >= 15 is 0 Å². The van der Waals surface area contributed by atoms with Crippen LogP contribution in [0.2, 0.25) is 0 Å². The van der Waals surface area contributed by atoms with Gasteiger partial charge in [-0.1, -0.05) is 6.07 Å². The number of fused-ring (bicyclic) bond motifs is 3. The van der Waals surface area contributed by atoms with Gasteiger partial charge in [0.15, 0.2) is 0 Å². The van der Waals surface area contributed by atoms with Crippen molar-refractivity contribution in [3.63, 3.8) is 0 Å². The fourth-order valence-electron chi connectivity index (χ4n) is 5.70. The molecule has 38 heavy (non-hydrogen) atoms. The van der Waals surface area contributed by atoms with E-state index in [1.54, 1.807) is 0 Å². The number of benzene rings is 1. The number of rotatable bonds is 6. The molecule has 3 atom stereocenters. The van der Waals surface area contributed by atoms with Gasteiger partial charge in [0.25, 0.3) is 0 Å². The molecule has 9 nitrogen and oxygen atoms in total. The Morgan fingerprint density at radius 2 is 1.84 bits per heavy atom. The molecule has 0 amide bonds. The zero-order valence-corrected chi connectivity index (χ0v) is 22.6. The summed E-state index contributed by atoms with van der Waals surface area (Å²) in [5, 5.41) is 6.72. The van der Waals surface area contributed by atoms with E-state index in [9.17, 15) is 0 Å². The summed E-state index contributed by atoms with van der Waals surface area (Å²) in [6.07, 6.45) is 2.85. The van der Waals surface area contributed by atoms with Gasteiger partial charge in [0.2, 0.25) is 5.95 Å². The van der Waals surface area contributed by atoms with Crippen molar-refractivity contribution in [3.05, 3.63) is 59.9 Å². The molecule has 1 unspecified atom stereocenters. The van der Waals surface area contributed by atoms with Crippen molar-refractivity contribution >= 4 is 29.0 Å². The molecule has 2 fully saturated rings. The van der Waals surface area contributed by atoms with Gasteiger partial charge in [-0.15, -0.1) is 0 Å². The van der Waals surface area contributed by atoms with Gasteiger partial charge in [-0.25, -0.2) is 9.97 Å². The molecule has 0 saturated carbocycles. The largest absolute Gasteiger partial charge is 0.378 e. The third-order valence-electron chi connectivity index (χ3n) is 7.95. The van der Waals surface area contributed by atoms with E-state index in [-0.39, 0.29) is 23.6 Å². The molecule has 2 saturated heterocycles. The highest BCUT2D eigenvalue weighted by Gasteiger charge is 2.47. The highest BCUT2D eigenvalue weighted by Crippen LogP contribution is 2.49. The molecule has 0 bridgehead atoms. The molecule has 3 aliphatic rings. The predicted molar refractivity (Wildman–Crippen MR) is 150 cm³/mol. The maximum atomic E-state index is 6.25. The number of hydrogen-bond acceptors (Lipinski definition) is 9. The first-order valence-corrected chi connectivity index (χ1v) is 13.6. The van der Waals surface area contributed by atoms with E-state index < -0.39 is 0 Å². The summed E-state index contributed by atoms with van der Waals surface area (Å²) in [5.41, 5.74) is 4.07. The lowest BCUT2D eigenvalue weighted by Gasteiger charge is -2.41. The van der Waals surface area contributed by atoms with Gasteiger partial charge in [0, 0.05) is 54.2 Å². The lowest BCUT2D eigenvalue weighted by molar-refractivity contribution is -0.0658. The minimum atomic E-state index is -0.214. The number of ether oxygens (including phenoxy) is 2. The Morgan fingerprint density at radius 3 is 2.61 bits per heavy atom. The van der Waals surface area contributed by atoms with Crippen molar-refractivity contribution < 1.29 is 9.47 Å². The number of anilines is 5. The second kappa shape index (κ2) is 10.1. The number of aromatic nitrogens is 3. The minimum absolute atomic E-state index is 0.155. The second-order valence-electron chi connectivity index (χ2n) is 11.0. The first kappa shape index (κ1) is 25.0. The first-order chi connectivity index (χ1) is 18.4. The number of morpholine rings is 1. The highest BCUT2D eigenvalue weighted by atomic mass is 16.5. The molecule has 2 aromatic heterocycles. The maximum Gasteiger partial charge on any atom is 0.229 e. The van der Waals surface area contributed by atoms with Crippen LogP contribution in [0.1, 0.15) is 50.4 Å². The molecule has 6 rings (SSSR count). The van der Waals surface area contributed by atoms with E-state index in [1.165, 1.54) is 5.69 Å². The smallest absolute Gasteiger partial charge is 0.229 e. The maximum absolute atomic E-state index is 6.25. The summed E-state index contributed by atoms with van der Waals surface area (Å²) in [6.45, 7) is 10.5. The van der Waals surface area contributed by atoms with Crippen LogP contribution in [-0.2, 0) is 9.47 Å². The molecule has 0 radical (unpaired) electrons. The lowest BCUT2D eigenvalue weighted by Crippen LogP contribution is -2.45. The second-order valence-corrected chi connectivity index (χ2v) is 11.0. The standard InChI is InChI=1S/C29H37N7O2/c1-19(30-4)24-6-5-7-26(33-24)36-25-16-29(2,3)38-18-23(25)22-17-31-28(34-27(22)36)32-20-8-10-21(11-9-20)35-12-14-37-15-13-35/h5-11,17,19,23,25,30H,12-16,18H2,1-4H3,(H,31,32,34)/t19-,23?,25+/m0/s1. The minimum Gasteiger partial charge on any atom is -0.378 e. The summed E-state index contributed by atoms with van der Waals surface area (Å²) in [4.78, 5) is 19.5. The predicted octanol–water partition coefficient (Wildman–Crippen LogP) is 4.54. The molecular formula is C29H37N7O2. The van der Waals surface area contributed by atoms with Crippen LogP contribution in [0.25, 0.3) is 0 Å². The fraction of sp³-hybridized carbons (Fsp3) is 0.483. The van der Waals surface area contributed by atoms with Gasteiger partial charge >= 0.3 is 0 Å². The zero-order valence-electron chi connectivity index (χ0n) is 22.6. The third kappa shape index (κ3) is 4.81. The Kier molecular flexibility index (Phi) is 6.67. The van der Waals surface area contributed by atoms with Gasteiger partial charge < -0.3 is 29.9 Å². The van der Waals surface area contributed by atoms with Gasteiger partial charge in [-0.3, -0.25) is 0 Å². The first-order valence-electron chi connectivity index (χ1n) is 13.6. The van der Waals surface area contributed by atoms with Gasteiger partial charge in [-0.2, -0.15) is 4.98 Å². The number of nitrogens with zero attached hydrogens (tertiary/aromatic N) is 5. The summed E-state index contributed by atoms with van der Waals surface area (Å²) >= 11 is 0. The summed E-state index contributed by atoms with van der Waals surface area (Å²) < 4.78 is 11.7. The molecule has 200 valence electrons. The average Bonchev–Trinajstić information content (AvgIpc) is 3.25. The topological polar surface area (TPSA) is 87.7 Å². The van der Waals surface area contributed by atoms with E-state index in [0.717, 1.165) is 61.3 Å².